The molecule has 2 N–H and O–H groups in total. The predicted molar refractivity (Wildman–Crippen MR) is 78.7 cm³/mol. The Kier molecular flexibility index (Phi) is 5.47. The zero-order valence-electron chi connectivity index (χ0n) is 11.2. The molecule has 0 aliphatic heterocycles. The zero-order chi connectivity index (χ0) is 14.4. The fraction of sp³-hybridized carbons (Fsp3) is 0.467. The summed E-state index contributed by atoms with van der Waals surface area (Å²) in [7, 11) is 0. The third-order valence-electron chi connectivity index (χ3n) is 3.52. The summed E-state index contributed by atoms with van der Waals surface area (Å²) in [6, 6.07) is 9.74. The Morgan fingerprint density at radius 2 is 2.00 bits per heavy atom. The van der Waals surface area contributed by atoms with Crippen molar-refractivity contribution >= 4 is 23.6 Å². The number of nitrogens with one attached hydrogen (secondary N) is 1. The van der Waals surface area contributed by atoms with E-state index in [2.05, 4.69) is 5.32 Å². The Hall–Kier alpha value is -1.49. The highest BCUT2D eigenvalue weighted by Crippen LogP contribution is 2.26. The van der Waals surface area contributed by atoms with Crippen molar-refractivity contribution in [2.24, 2.45) is 5.92 Å². The van der Waals surface area contributed by atoms with Crippen LogP contribution in [-0.2, 0) is 9.59 Å². The van der Waals surface area contributed by atoms with Gasteiger partial charge in [0.15, 0.2) is 0 Å². The summed E-state index contributed by atoms with van der Waals surface area (Å²) in [6.45, 7) is 0. The lowest BCUT2D eigenvalue weighted by atomic mass is 10.0. The Morgan fingerprint density at radius 3 is 2.70 bits per heavy atom. The van der Waals surface area contributed by atoms with Crippen LogP contribution in [0.2, 0.25) is 0 Å². The van der Waals surface area contributed by atoms with Crippen LogP contribution < -0.4 is 5.32 Å². The minimum Gasteiger partial charge on any atom is -0.481 e. The molecule has 0 radical (unpaired) electrons. The fourth-order valence-electron chi connectivity index (χ4n) is 2.49. The van der Waals surface area contributed by atoms with Gasteiger partial charge in [-0.3, -0.25) is 9.59 Å². The van der Waals surface area contributed by atoms with E-state index in [1.165, 1.54) is 0 Å². The van der Waals surface area contributed by atoms with Crippen LogP contribution in [0.25, 0.3) is 0 Å². The maximum Gasteiger partial charge on any atom is 0.308 e. The highest BCUT2D eigenvalue weighted by atomic mass is 32.2. The monoisotopic (exact) mass is 293 g/mol. The molecule has 1 amide bonds. The first kappa shape index (κ1) is 14.9. The molecule has 0 aromatic heterocycles. The normalized spacial score (nSPS) is 21.6. The first-order chi connectivity index (χ1) is 9.66. The molecule has 1 aliphatic carbocycles. The number of carbonyl (C=O) groups is 2. The molecule has 1 aromatic rings. The van der Waals surface area contributed by atoms with Crippen LogP contribution in [0.3, 0.4) is 0 Å². The van der Waals surface area contributed by atoms with E-state index in [1.807, 2.05) is 30.3 Å². The van der Waals surface area contributed by atoms with Crippen LogP contribution >= 0.6 is 11.8 Å². The second-order valence-corrected chi connectivity index (χ2v) is 6.13. The molecular weight excluding hydrogens is 274 g/mol. The van der Waals surface area contributed by atoms with Crippen molar-refractivity contribution in [2.75, 3.05) is 5.75 Å². The van der Waals surface area contributed by atoms with Crippen molar-refractivity contribution in [2.45, 2.75) is 36.6 Å². The summed E-state index contributed by atoms with van der Waals surface area (Å²) in [5.74, 6) is -0.556. The molecule has 0 saturated heterocycles. The molecule has 4 nitrogen and oxygen atoms in total. The molecule has 108 valence electrons. The van der Waals surface area contributed by atoms with E-state index < -0.39 is 11.9 Å². The minimum absolute atomic E-state index is 0.0495. The zero-order valence-corrected chi connectivity index (χ0v) is 12.1. The SMILES string of the molecule is O=C(CCSc1ccccc1)NC1CCCC1C(=O)O. The van der Waals surface area contributed by atoms with Crippen molar-refractivity contribution < 1.29 is 14.7 Å². The molecule has 1 fully saturated rings. The van der Waals surface area contributed by atoms with Crippen LogP contribution in [0.4, 0.5) is 0 Å². The predicted octanol–water partition coefficient (Wildman–Crippen LogP) is 2.54. The lowest BCUT2D eigenvalue weighted by molar-refractivity contribution is -0.142. The van der Waals surface area contributed by atoms with Crippen LogP contribution in [0.5, 0.6) is 0 Å². The van der Waals surface area contributed by atoms with Gasteiger partial charge in [-0.15, -0.1) is 11.8 Å². The number of aliphatic carboxylic acids is 1. The summed E-state index contributed by atoms with van der Waals surface area (Å²) >= 11 is 1.64. The second kappa shape index (κ2) is 7.33. The average Bonchev–Trinajstić information content (AvgIpc) is 2.88. The van der Waals surface area contributed by atoms with E-state index in [1.54, 1.807) is 11.8 Å². The van der Waals surface area contributed by atoms with Crippen LogP contribution in [0.15, 0.2) is 35.2 Å². The number of hydrogen-bond donors (Lipinski definition) is 2. The van der Waals surface area contributed by atoms with E-state index in [0.717, 1.165) is 17.7 Å². The fourth-order valence-corrected chi connectivity index (χ4v) is 3.36. The lowest BCUT2D eigenvalue weighted by Gasteiger charge is -2.17. The summed E-state index contributed by atoms with van der Waals surface area (Å²) < 4.78 is 0. The van der Waals surface area contributed by atoms with Gasteiger partial charge in [0.1, 0.15) is 0 Å². The van der Waals surface area contributed by atoms with Gasteiger partial charge in [0.05, 0.1) is 5.92 Å². The topological polar surface area (TPSA) is 66.4 Å². The molecule has 2 atom stereocenters. The second-order valence-electron chi connectivity index (χ2n) is 4.96. The Balaban J connectivity index is 1.71. The maximum absolute atomic E-state index is 11.8. The van der Waals surface area contributed by atoms with E-state index in [0.29, 0.717) is 18.6 Å². The van der Waals surface area contributed by atoms with Crippen molar-refractivity contribution in [1.82, 2.24) is 5.32 Å². The Bertz CT molecular complexity index is 463. The largest absolute Gasteiger partial charge is 0.481 e. The molecule has 20 heavy (non-hydrogen) atoms. The number of carboxylic acids is 1. The molecule has 1 aliphatic rings. The molecule has 1 aromatic carbocycles. The van der Waals surface area contributed by atoms with Crippen molar-refractivity contribution in [3.8, 4) is 0 Å². The third-order valence-corrected chi connectivity index (χ3v) is 4.53. The van der Waals surface area contributed by atoms with E-state index in [9.17, 15) is 9.59 Å². The van der Waals surface area contributed by atoms with Gasteiger partial charge in [-0.1, -0.05) is 24.6 Å². The number of rotatable bonds is 6. The van der Waals surface area contributed by atoms with Gasteiger partial charge in [0.2, 0.25) is 5.91 Å². The van der Waals surface area contributed by atoms with Gasteiger partial charge in [0, 0.05) is 23.1 Å². The van der Waals surface area contributed by atoms with Crippen molar-refractivity contribution in [3.63, 3.8) is 0 Å². The molecule has 2 rings (SSSR count). The molecule has 1 saturated carbocycles. The molecule has 0 heterocycles. The highest BCUT2D eigenvalue weighted by molar-refractivity contribution is 7.99. The quantitative estimate of drug-likeness (QED) is 0.791. The summed E-state index contributed by atoms with van der Waals surface area (Å²) in [5, 5.41) is 11.9. The number of carboxylic acid groups (broad SMARTS) is 1. The molecule has 0 bridgehead atoms. The van der Waals surface area contributed by atoms with Crippen LogP contribution in [0.1, 0.15) is 25.7 Å². The first-order valence-corrected chi connectivity index (χ1v) is 7.85. The molecule has 5 heteroatoms. The average molecular weight is 293 g/mol. The molecular formula is C15H19NO3S. The van der Waals surface area contributed by atoms with Gasteiger partial charge in [-0.05, 0) is 25.0 Å². The Labute approximate surface area is 123 Å². The number of benzene rings is 1. The third kappa shape index (κ3) is 4.27. The van der Waals surface area contributed by atoms with Gasteiger partial charge in [-0.2, -0.15) is 0 Å². The van der Waals surface area contributed by atoms with E-state index >= 15 is 0 Å². The number of thioether (sulfide) groups is 1. The first-order valence-electron chi connectivity index (χ1n) is 6.87. The van der Waals surface area contributed by atoms with E-state index in [4.69, 9.17) is 5.11 Å². The van der Waals surface area contributed by atoms with Crippen molar-refractivity contribution in [1.29, 1.82) is 0 Å². The van der Waals surface area contributed by atoms with E-state index in [-0.39, 0.29) is 11.9 Å². The number of hydrogen-bond acceptors (Lipinski definition) is 3. The highest BCUT2D eigenvalue weighted by Gasteiger charge is 2.33. The molecule has 2 unspecified atom stereocenters. The Morgan fingerprint density at radius 1 is 1.25 bits per heavy atom. The van der Waals surface area contributed by atoms with Crippen LogP contribution in [-0.4, -0.2) is 28.8 Å². The minimum atomic E-state index is -0.800. The lowest BCUT2D eigenvalue weighted by Crippen LogP contribution is -2.40. The van der Waals surface area contributed by atoms with Crippen molar-refractivity contribution in [3.05, 3.63) is 30.3 Å². The van der Waals surface area contributed by atoms with Gasteiger partial charge in [-0.25, -0.2) is 0 Å². The summed E-state index contributed by atoms with van der Waals surface area (Å²) in [6.07, 6.45) is 2.73. The standard InChI is InChI=1S/C15H19NO3S/c17-14(9-10-20-11-5-2-1-3-6-11)16-13-8-4-7-12(13)15(18)19/h1-3,5-6,12-13H,4,7-10H2,(H,16,17)(H,18,19). The van der Waals surface area contributed by atoms with Gasteiger partial charge >= 0.3 is 5.97 Å². The maximum atomic E-state index is 11.8. The van der Waals surface area contributed by atoms with Gasteiger partial charge in [0.25, 0.3) is 0 Å². The van der Waals surface area contributed by atoms with Crippen LogP contribution in [0, 0.1) is 5.92 Å². The summed E-state index contributed by atoms with van der Waals surface area (Å²) in [4.78, 5) is 24.0. The van der Waals surface area contributed by atoms with Gasteiger partial charge < -0.3 is 10.4 Å². The number of amides is 1. The smallest absolute Gasteiger partial charge is 0.308 e. The summed E-state index contributed by atoms with van der Waals surface area (Å²) in [5.41, 5.74) is 0. The molecule has 0 spiro atoms. The number of carbonyl (C=O) groups excluding carboxylic acids is 1.